The number of aromatic nitrogens is 1. The van der Waals surface area contributed by atoms with Crippen LogP contribution in [-0.2, 0) is 6.54 Å². The second-order valence-electron chi connectivity index (χ2n) is 7.86. The number of likely N-dealkylation sites (tertiary alicyclic amines) is 1. The van der Waals surface area contributed by atoms with Crippen LogP contribution in [0.3, 0.4) is 0 Å². The lowest BCUT2D eigenvalue weighted by Gasteiger charge is -2.18. The second kappa shape index (κ2) is 9.54. The fraction of sp³-hybridized carbons (Fsp3) is 0.296. The molecule has 0 saturated carbocycles. The summed E-state index contributed by atoms with van der Waals surface area (Å²) >= 11 is 0. The molecule has 1 unspecified atom stereocenters. The average molecular weight is 382 g/mol. The molecule has 0 aliphatic carbocycles. The molecule has 0 radical (unpaired) electrons. The number of nitrogens with zero attached hydrogens (tertiary/aromatic N) is 2. The van der Waals surface area contributed by atoms with Crippen molar-refractivity contribution < 1.29 is 4.57 Å². The summed E-state index contributed by atoms with van der Waals surface area (Å²) in [6, 6.07) is 24.0. The van der Waals surface area contributed by atoms with Crippen LogP contribution in [0, 0.1) is 11.8 Å². The lowest BCUT2D eigenvalue weighted by molar-refractivity contribution is -0.697. The molecule has 1 atom stereocenters. The van der Waals surface area contributed by atoms with Gasteiger partial charge in [-0.25, -0.2) is 4.57 Å². The van der Waals surface area contributed by atoms with Gasteiger partial charge in [-0.2, -0.15) is 0 Å². The molecule has 29 heavy (non-hydrogen) atoms. The third-order valence-corrected chi connectivity index (χ3v) is 5.73. The Balaban J connectivity index is 1.29. The van der Waals surface area contributed by atoms with Crippen LogP contribution in [-0.4, -0.2) is 18.5 Å². The van der Waals surface area contributed by atoms with E-state index in [2.05, 4.69) is 101 Å². The molecule has 2 aromatic carbocycles. The minimum absolute atomic E-state index is 0.584. The first kappa shape index (κ1) is 19.4. The van der Waals surface area contributed by atoms with Gasteiger partial charge in [-0.1, -0.05) is 54.3 Å². The van der Waals surface area contributed by atoms with Crippen LogP contribution in [0.2, 0.25) is 0 Å². The number of benzene rings is 2. The Kier molecular flexibility index (Phi) is 6.39. The fourth-order valence-electron chi connectivity index (χ4n) is 4.10. The zero-order valence-electron chi connectivity index (χ0n) is 17.2. The smallest absolute Gasteiger partial charge is 0.173 e. The largest absolute Gasteiger partial charge is 0.299 e. The molecule has 1 aliphatic heterocycles. The summed E-state index contributed by atoms with van der Waals surface area (Å²) in [4.78, 5) is 2.47. The number of aryl methyl sites for hydroxylation is 1. The summed E-state index contributed by atoms with van der Waals surface area (Å²) in [5, 5.41) is 0. The van der Waals surface area contributed by atoms with Crippen molar-refractivity contribution in [3.8, 4) is 23.0 Å². The first-order valence-corrected chi connectivity index (χ1v) is 10.6. The topological polar surface area (TPSA) is 7.12 Å². The molecule has 146 valence electrons. The van der Waals surface area contributed by atoms with E-state index >= 15 is 0 Å². The monoisotopic (exact) mass is 381 g/mol. The van der Waals surface area contributed by atoms with E-state index in [1.807, 2.05) is 6.07 Å². The standard InChI is InChI=1S/C27H29N2/c1-28-19-9-14-27(28)26-13-8-21-29(22-26)20-7-3-4-10-23-15-17-25(18-16-23)24-11-5-2-6-12-24/h2,5-6,8,11-13,15-18,21-22,27H,3,7,9,14,19-20H2,1H3/q+1. The Hall–Kier alpha value is -2.89. The minimum atomic E-state index is 0.584. The molecule has 3 aromatic rings. The second-order valence-corrected chi connectivity index (χ2v) is 7.86. The van der Waals surface area contributed by atoms with E-state index < -0.39 is 0 Å². The highest BCUT2D eigenvalue weighted by molar-refractivity contribution is 5.64. The Morgan fingerprint density at radius 2 is 1.76 bits per heavy atom. The lowest BCUT2D eigenvalue weighted by Crippen LogP contribution is -2.34. The Morgan fingerprint density at radius 1 is 0.966 bits per heavy atom. The highest BCUT2D eigenvalue weighted by Crippen LogP contribution is 2.29. The van der Waals surface area contributed by atoms with Gasteiger partial charge in [-0.15, -0.1) is 0 Å². The van der Waals surface area contributed by atoms with E-state index in [4.69, 9.17) is 0 Å². The van der Waals surface area contributed by atoms with E-state index in [9.17, 15) is 0 Å². The molecular formula is C27H29N2+. The number of pyridine rings is 1. The van der Waals surface area contributed by atoms with Gasteiger partial charge in [0.15, 0.2) is 12.4 Å². The van der Waals surface area contributed by atoms with Crippen molar-refractivity contribution in [3.63, 3.8) is 0 Å². The van der Waals surface area contributed by atoms with Crippen molar-refractivity contribution in [3.05, 3.63) is 90.3 Å². The molecule has 2 heteroatoms. The summed E-state index contributed by atoms with van der Waals surface area (Å²) in [5.74, 6) is 6.64. The van der Waals surface area contributed by atoms with Crippen molar-refractivity contribution in [2.24, 2.45) is 0 Å². The van der Waals surface area contributed by atoms with Crippen LogP contribution < -0.4 is 4.57 Å². The summed E-state index contributed by atoms with van der Waals surface area (Å²) in [7, 11) is 2.23. The van der Waals surface area contributed by atoms with Crippen molar-refractivity contribution in [1.29, 1.82) is 0 Å². The maximum absolute atomic E-state index is 3.34. The molecule has 0 bridgehead atoms. The normalized spacial score (nSPS) is 16.4. The predicted molar refractivity (Wildman–Crippen MR) is 119 cm³/mol. The van der Waals surface area contributed by atoms with Crippen LogP contribution in [0.15, 0.2) is 79.1 Å². The fourth-order valence-corrected chi connectivity index (χ4v) is 4.10. The van der Waals surface area contributed by atoms with Crippen LogP contribution in [0.4, 0.5) is 0 Å². The van der Waals surface area contributed by atoms with E-state index in [0.717, 1.165) is 24.9 Å². The zero-order valence-corrected chi connectivity index (χ0v) is 17.2. The van der Waals surface area contributed by atoms with E-state index in [-0.39, 0.29) is 0 Å². The molecule has 1 aliphatic rings. The molecule has 4 rings (SSSR count). The number of unbranched alkanes of at least 4 members (excludes halogenated alkanes) is 1. The Morgan fingerprint density at radius 3 is 2.52 bits per heavy atom. The lowest BCUT2D eigenvalue weighted by atomic mass is 10.0. The number of hydrogen-bond acceptors (Lipinski definition) is 1. The quantitative estimate of drug-likeness (QED) is 0.333. The molecule has 0 N–H and O–H groups in total. The summed E-state index contributed by atoms with van der Waals surface area (Å²) in [6.45, 7) is 2.23. The van der Waals surface area contributed by atoms with Gasteiger partial charge < -0.3 is 0 Å². The van der Waals surface area contributed by atoms with Gasteiger partial charge in [0.25, 0.3) is 0 Å². The third kappa shape index (κ3) is 5.13. The van der Waals surface area contributed by atoms with Gasteiger partial charge in [-0.3, -0.25) is 4.90 Å². The third-order valence-electron chi connectivity index (χ3n) is 5.73. The van der Waals surface area contributed by atoms with E-state index in [1.54, 1.807) is 0 Å². The highest BCUT2D eigenvalue weighted by Gasteiger charge is 2.24. The van der Waals surface area contributed by atoms with E-state index in [1.165, 1.54) is 36.1 Å². The van der Waals surface area contributed by atoms with Gasteiger partial charge in [0.2, 0.25) is 0 Å². The van der Waals surface area contributed by atoms with Crippen molar-refractivity contribution in [2.45, 2.75) is 38.3 Å². The van der Waals surface area contributed by atoms with Gasteiger partial charge in [-0.05, 0) is 55.8 Å². The Labute approximate surface area is 174 Å². The van der Waals surface area contributed by atoms with Gasteiger partial charge in [0.1, 0.15) is 6.54 Å². The summed E-state index contributed by atoms with van der Waals surface area (Å²) in [5.41, 5.74) is 5.01. The van der Waals surface area contributed by atoms with Crippen molar-refractivity contribution in [1.82, 2.24) is 4.90 Å². The van der Waals surface area contributed by atoms with Gasteiger partial charge in [0.05, 0.1) is 0 Å². The van der Waals surface area contributed by atoms with Crippen LogP contribution >= 0.6 is 0 Å². The van der Waals surface area contributed by atoms with Gasteiger partial charge in [0, 0.05) is 36.1 Å². The van der Waals surface area contributed by atoms with Crippen LogP contribution in [0.25, 0.3) is 11.1 Å². The minimum Gasteiger partial charge on any atom is -0.299 e. The highest BCUT2D eigenvalue weighted by atomic mass is 15.1. The van der Waals surface area contributed by atoms with Crippen molar-refractivity contribution >= 4 is 0 Å². The molecule has 1 aromatic heterocycles. The molecule has 0 spiro atoms. The van der Waals surface area contributed by atoms with Crippen molar-refractivity contribution in [2.75, 3.05) is 13.6 Å². The maximum atomic E-state index is 3.34. The molecule has 2 heterocycles. The first-order chi connectivity index (χ1) is 14.3. The number of hydrogen-bond donors (Lipinski definition) is 0. The van der Waals surface area contributed by atoms with Gasteiger partial charge >= 0.3 is 0 Å². The summed E-state index contributed by atoms with van der Waals surface area (Å²) in [6.07, 6.45) is 9.06. The molecule has 1 saturated heterocycles. The maximum Gasteiger partial charge on any atom is 0.173 e. The Bertz CT molecular complexity index is 980. The molecule has 1 fully saturated rings. The molecule has 0 amide bonds. The molecule has 2 nitrogen and oxygen atoms in total. The van der Waals surface area contributed by atoms with Crippen LogP contribution in [0.1, 0.15) is 42.9 Å². The van der Waals surface area contributed by atoms with E-state index in [0.29, 0.717) is 6.04 Å². The zero-order chi connectivity index (χ0) is 19.9. The average Bonchev–Trinajstić information content (AvgIpc) is 3.21. The number of rotatable bonds is 5. The predicted octanol–water partition coefficient (Wildman–Crippen LogP) is 5.24. The first-order valence-electron chi connectivity index (χ1n) is 10.6. The van der Waals surface area contributed by atoms with Crippen LogP contribution in [0.5, 0.6) is 0 Å². The molecular weight excluding hydrogens is 352 g/mol. The summed E-state index contributed by atoms with van der Waals surface area (Å²) < 4.78 is 2.32. The SMILES string of the molecule is CN1CCCC1c1ccc[n+](CCCC#Cc2ccc(-c3ccccc3)cc2)c1.